The van der Waals surface area contributed by atoms with Gasteiger partial charge in [-0.15, -0.1) is 0 Å². The Morgan fingerprint density at radius 2 is 1.80 bits per heavy atom. The number of hydrogen-bond acceptors (Lipinski definition) is 3. The smallest absolute Gasteiger partial charge is 0.251 e. The molecule has 0 atom stereocenters. The first-order valence-electron chi connectivity index (χ1n) is 8.17. The number of carbonyl (C=O) groups is 2. The first-order valence-corrected chi connectivity index (χ1v) is 8.17. The monoisotopic (exact) mass is 336 g/mol. The molecule has 2 amide bonds. The van der Waals surface area contributed by atoms with Gasteiger partial charge in [0.15, 0.2) is 0 Å². The third kappa shape index (κ3) is 4.23. The van der Waals surface area contributed by atoms with Crippen LogP contribution in [0, 0.1) is 6.92 Å². The van der Waals surface area contributed by atoms with Crippen molar-refractivity contribution in [3.8, 4) is 0 Å². The first kappa shape index (κ1) is 16.7. The number of aromatic nitrogens is 2. The molecule has 25 heavy (non-hydrogen) atoms. The average molecular weight is 336 g/mol. The van der Waals surface area contributed by atoms with E-state index in [0.29, 0.717) is 24.5 Å². The third-order valence-electron chi connectivity index (χ3n) is 3.92. The molecule has 2 aromatic carbocycles. The van der Waals surface area contributed by atoms with E-state index in [2.05, 4.69) is 20.6 Å². The molecule has 1 heterocycles. The number of carbonyl (C=O) groups excluding carboxylic acids is 2. The molecule has 0 saturated heterocycles. The zero-order valence-corrected chi connectivity index (χ0v) is 14.0. The maximum absolute atomic E-state index is 12.1. The van der Waals surface area contributed by atoms with Gasteiger partial charge in [0.05, 0.1) is 17.6 Å². The molecule has 3 aromatic rings. The lowest BCUT2D eigenvalue weighted by Gasteiger charge is -2.07. The topological polar surface area (TPSA) is 86.9 Å². The van der Waals surface area contributed by atoms with E-state index in [9.17, 15) is 9.59 Å². The van der Waals surface area contributed by atoms with E-state index in [-0.39, 0.29) is 18.2 Å². The van der Waals surface area contributed by atoms with Crippen LogP contribution in [0.5, 0.6) is 0 Å². The van der Waals surface area contributed by atoms with Crippen LogP contribution in [-0.2, 0) is 11.3 Å². The highest BCUT2D eigenvalue weighted by Crippen LogP contribution is 2.10. The molecule has 0 aliphatic rings. The van der Waals surface area contributed by atoms with Crippen LogP contribution in [0.1, 0.15) is 28.2 Å². The van der Waals surface area contributed by atoms with Crippen molar-refractivity contribution in [3.05, 3.63) is 65.5 Å². The fraction of sp³-hybridized carbons (Fsp3) is 0.211. The molecule has 1 aromatic heterocycles. The molecule has 0 aliphatic carbocycles. The van der Waals surface area contributed by atoms with E-state index in [1.54, 1.807) is 6.07 Å². The molecule has 0 spiro atoms. The SMILES string of the molecule is Cc1ccccc1C(=O)NCCC(=O)NCc1nc2ccccc2[nH]1. The number of aryl methyl sites for hydroxylation is 1. The molecule has 3 rings (SSSR count). The number of nitrogens with one attached hydrogen (secondary N) is 3. The van der Waals surface area contributed by atoms with Gasteiger partial charge in [0.2, 0.25) is 5.91 Å². The Hall–Kier alpha value is -3.15. The summed E-state index contributed by atoms with van der Waals surface area (Å²) in [7, 11) is 0. The summed E-state index contributed by atoms with van der Waals surface area (Å²) in [6.07, 6.45) is 0.220. The van der Waals surface area contributed by atoms with Crippen LogP contribution in [0.4, 0.5) is 0 Å². The van der Waals surface area contributed by atoms with Gasteiger partial charge in [0, 0.05) is 18.5 Å². The molecule has 6 heteroatoms. The first-order chi connectivity index (χ1) is 12.1. The molecule has 128 valence electrons. The van der Waals surface area contributed by atoms with Gasteiger partial charge in [-0.2, -0.15) is 0 Å². The Kier molecular flexibility index (Phi) is 5.09. The molecule has 0 saturated carbocycles. The van der Waals surface area contributed by atoms with E-state index in [1.807, 2.05) is 49.4 Å². The summed E-state index contributed by atoms with van der Waals surface area (Å²) in [6, 6.07) is 15.1. The molecule has 0 aliphatic heterocycles. The van der Waals surface area contributed by atoms with Crippen molar-refractivity contribution >= 4 is 22.8 Å². The summed E-state index contributed by atoms with van der Waals surface area (Å²) in [5, 5.41) is 5.57. The Morgan fingerprint density at radius 1 is 1.04 bits per heavy atom. The average Bonchev–Trinajstić information content (AvgIpc) is 3.03. The molecule has 3 N–H and O–H groups in total. The minimum atomic E-state index is -0.164. The second-order valence-corrected chi connectivity index (χ2v) is 5.80. The molecule has 0 unspecified atom stereocenters. The van der Waals surface area contributed by atoms with Crippen LogP contribution >= 0.6 is 0 Å². The maximum atomic E-state index is 12.1. The van der Waals surface area contributed by atoms with Crippen molar-refractivity contribution in [2.24, 2.45) is 0 Å². The summed E-state index contributed by atoms with van der Waals surface area (Å²) in [5.41, 5.74) is 3.36. The molecule has 0 bridgehead atoms. The fourth-order valence-corrected chi connectivity index (χ4v) is 2.57. The molecule has 0 fully saturated rings. The number of nitrogens with zero attached hydrogens (tertiary/aromatic N) is 1. The number of para-hydroxylation sites is 2. The highest BCUT2D eigenvalue weighted by atomic mass is 16.2. The summed E-state index contributed by atoms with van der Waals surface area (Å²) < 4.78 is 0. The largest absolute Gasteiger partial charge is 0.352 e. The van der Waals surface area contributed by atoms with Gasteiger partial charge in [0.25, 0.3) is 5.91 Å². The second kappa shape index (κ2) is 7.61. The van der Waals surface area contributed by atoms with E-state index >= 15 is 0 Å². The summed E-state index contributed by atoms with van der Waals surface area (Å²) in [4.78, 5) is 31.5. The van der Waals surface area contributed by atoms with E-state index in [4.69, 9.17) is 0 Å². The van der Waals surface area contributed by atoms with Crippen molar-refractivity contribution < 1.29 is 9.59 Å². The number of imidazole rings is 1. The van der Waals surface area contributed by atoms with Gasteiger partial charge in [-0.3, -0.25) is 9.59 Å². The second-order valence-electron chi connectivity index (χ2n) is 5.80. The molecule has 0 radical (unpaired) electrons. The lowest BCUT2D eigenvalue weighted by molar-refractivity contribution is -0.121. The summed E-state index contributed by atoms with van der Waals surface area (Å²) in [6.45, 7) is 2.51. The third-order valence-corrected chi connectivity index (χ3v) is 3.92. The Labute approximate surface area is 145 Å². The van der Waals surface area contributed by atoms with Crippen LogP contribution in [0.15, 0.2) is 48.5 Å². The van der Waals surface area contributed by atoms with Crippen LogP contribution < -0.4 is 10.6 Å². The van der Waals surface area contributed by atoms with Crippen molar-refractivity contribution in [2.45, 2.75) is 19.9 Å². The standard InChI is InChI=1S/C19H20N4O2/c1-13-6-2-3-7-14(13)19(25)20-11-10-18(24)21-12-17-22-15-8-4-5-9-16(15)23-17/h2-9H,10-12H2,1H3,(H,20,25)(H,21,24)(H,22,23). The Balaban J connectivity index is 1.44. The van der Waals surface area contributed by atoms with E-state index in [0.717, 1.165) is 16.6 Å². The van der Waals surface area contributed by atoms with Gasteiger partial charge in [-0.05, 0) is 30.7 Å². The van der Waals surface area contributed by atoms with Gasteiger partial charge >= 0.3 is 0 Å². The highest BCUT2D eigenvalue weighted by Gasteiger charge is 2.09. The quantitative estimate of drug-likeness (QED) is 0.645. The minimum absolute atomic E-state index is 0.134. The van der Waals surface area contributed by atoms with Crippen LogP contribution in [-0.4, -0.2) is 28.3 Å². The zero-order valence-electron chi connectivity index (χ0n) is 14.0. The van der Waals surface area contributed by atoms with Crippen molar-refractivity contribution in [2.75, 3.05) is 6.54 Å². The van der Waals surface area contributed by atoms with Crippen LogP contribution in [0.3, 0.4) is 0 Å². The van der Waals surface area contributed by atoms with Gasteiger partial charge < -0.3 is 15.6 Å². The predicted octanol–water partition coefficient (Wildman–Crippen LogP) is 2.31. The normalized spacial score (nSPS) is 10.6. The van der Waals surface area contributed by atoms with Crippen molar-refractivity contribution in [1.82, 2.24) is 20.6 Å². The Morgan fingerprint density at radius 3 is 2.60 bits per heavy atom. The Bertz CT molecular complexity index is 868. The van der Waals surface area contributed by atoms with E-state index < -0.39 is 0 Å². The summed E-state index contributed by atoms with van der Waals surface area (Å²) in [5.74, 6) is 0.409. The van der Waals surface area contributed by atoms with Crippen LogP contribution in [0.2, 0.25) is 0 Å². The fourth-order valence-electron chi connectivity index (χ4n) is 2.57. The maximum Gasteiger partial charge on any atom is 0.251 e. The predicted molar refractivity (Wildman–Crippen MR) is 96.1 cm³/mol. The molecular formula is C19H20N4O2. The lowest BCUT2D eigenvalue weighted by Crippen LogP contribution is -2.31. The number of aromatic amines is 1. The van der Waals surface area contributed by atoms with Crippen molar-refractivity contribution in [3.63, 3.8) is 0 Å². The summed E-state index contributed by atoms with van der Waals surface area (Å²) >= 11 is 0. The highest BCUT2D eigenvalue weighted by molar-refractivity contribution is 5.95. The van der Waals surface area contributed by atoms with Crippen molar-refractivity contribution in [1.29, 1.82) is 0 Å². The zero-order chi connectivity index (χ0) is 17.6. The number of amides is 2. The minimum Gasteiger partial charge on any atom is -0.352 e. The van der Waals surface area contributed by atoms with Gasteiger partial charge in [-0.25, -0.2) is 4.98 Å². The lowest BCUT2D eigenvalue weighted by atomic mass is 10.1. The molecular weight excluding hydrogens is 316 g/mol. The number of H-pyrrole nitrogens is 1. The van der Waals surface area contributed by atoms with Gasteiger partial charge in [0.1, 0.15) is 5.82 Å². The van der Waals surface area contributed by atoms with Crippen LogP contribution in [0.25, 0.3) is 11.0 Å². The van der Waals surface area contributed by atoms with Gasteiger partial charge in [-0.1, -0.05) is 30.3 Å². The van der Waals surface area contributed by atoms with E-state index in [1.165, 1.54) is 0 Å². The number of fused-ring (bicyclic) bond motifs is 1. The molecule has 6 nitrogen and oxygen atoms in total. The number of rotatable bonds is 6. The number of hydrogen-bond donors (Lipinski definition) is 3. The number of benzene rings is 2.